The molecule has 0 atom stereocenters. The zero-order valence-electron chi connectivity index (χ0n) is 16.4. The van der Waals surface area contributed by atoms with Crippen LogP contribution >= 0.6 is 0 Å². The maximum Gasteiger partial charge on any atom is 0.416 e. The first kappa shape index (κ1) is 21.8. The van der Waals surface area contributed by atoms with Crippen molar-refractivity contribution < 1.29 is 22.8 Å². The number of carbonyl (C=O) groups excluding carboxylic acids is 2. The smallest absolute Gasteiger partial charge is 0.322 e. The molecule has 0 saturated carbocycles. The molecule has 0 aliphatic carbocycles. The number of pyridine rings is 1. The van der Waals surface area contributed by atoms with Gasteiger partial charge < -0.3 is 5.32 Å². The second kappa shape index (κ2) is 9.25. The highest BCUT2D eigenvalue weighted by molar-refractivity contribution is 6.05. The van der Waals surface area contributed by atoms with Gasteiger partial charge in [-0.15, -0.1) is 0 Å². The summed E-state index contributed by atoms with van der Waals surface area (Å²) in [6.45, 7) is 0. The highest BCUT2D eigenvalue weighted by Gasteiger charge is 2.30. The predicted octanol–water partition coefficient (Wildman–Crippen LogP) is 5.03. The second-order valence-electron chi connectivity index (χ2n) is 6.58. The number of rotatable bonds is 5. The maximum absolute atomic E-state index is 12.9. The Hall–Kier alpha value is -3.94. The highest BCUT2D eigenvalue weighted by Crippen LogP contribution is 2.29. The fourth-order valence-electron chi connectivity index (χ4n) is 2.70. The summed E-state index contributed by atoms with van der Waals surface area (Å²) in [6, 6.07) is 16.0. The summed E-state index contributed by atoms with van der Waals surface area (Å²) in [4.78, 5) is 30.2. The molecule has 31 heavy (non-hydrogen) atoms. The largest absolute Gasteiger partial charge is 0.416 e. The monoisotopic (exact) mass is 425 g/mol. The Labute approximate surface area is 176 Å². The van der Waals surface area contributed by atoms with Crippen molar-refractivity contribution in [1.29, 1.82) is 0 Å². The Morgan fingerprint density at radius 1 is 1.00 bits per heavy atom. The van der Waals surface area contributed by atoms with Crippen molar-refractivity contribution in [3.8, 4) is 0 Å². The first-order chi connectivity index (χ1) is 14.7. The molecular formula is C23H18F3N3O2. The summed E-state index contributed by atoms with van der Waals surface area (Å²) >= 11 is 0. The van der Waals surface area contributed by atoms with E-state index in [1.807, 2.05) is 0 Å². The van der Waals surface area contributed by atoms with Crippen LogP contribution in [0.5, 0.6) is 0 Å². The van der Waals surface area contributed by atoms with Crippen molar-refractivity contribution in [3.63, 3.8) is 0 Å². The third-order valence-corrected chi connectivity index (χ3v) is 4.34. The van der Waals surface area contributed by atoms with E-state index in [2.05, 4.69) is 10.3 Å². The van der Waals surface area contributed by atoms with E-state index < -0.39 is 17.6 Å². The van der Waals surface area contributed by atoms with Crippen LogP contribution in [0.4, 0.5) is 24.7 Å². The van der Waals surface area contributed by atoms with Gasteiger partial charge in [0.05, 0.1) is 5.56 Å². The van der Waals surface area contributed by atoms with Gasteiger partial charge in [-0.05, 0) is 54.1 Å². The number of nitrogens with zero attached hydrogens (tertiary/aromatic N) is 2. The lowest BCUT2D eigenvalue weighted by atomic mass is 10.1. The Morgan fingerprint density at radius 2 is 1.77 bits per heavy atom. The molecule has 0 bridgehead atoms. The molecule has 1 aromatic heterocycles. The standard InChI is InChI=1S/C23H18F3N3O2/c1-29(20-10-2-3-13-27-20)21(30)12-11-16-6-4-9-19(14-16)28-22(31)17-7-5-8-18(15-17)23(24,25)26/h2-15H,1H3,(H,28,31)/b12-11+. The lowest BCUT2D eigenvalue weighted by Crippen LogP contribution is -2.24. The van der Waals surface area contributed by atoms with Crippen molar-refractivity contribution >= 4 is 29.4 Å². The molecule has 0 aliphatic heterocycles. The van der Waals surface area contributed by atoms with E-state index in [4.69, 9.17) is 0 Å². The van der Waals surface area contributed by atoms with Crippen LogP contribution in [0, 0.1) is 0 Å². The molecule has 0 spiro atoms. The zero-order valence-corrected chi connectivity index (χ0v) is 16.4. The zero-order chi connectivity index (χ0) is 22.4. The quantitative estimate of drug-likeness (QED) is 0.584. The van der Waals surface area contributed by atoms with E-state index in [0.717, 1.165) is 12.1 Å². The van der Waals surface area contributed by atoms with Crippen LogP contribution in [0.1, 0.15) is 21.5 Å². The minimum Gasteiger partial charge on any atom is -0.322 e. The molecule has 0 aliphatic rings. The number of aromatic nitrogens is 1. The summed E-state index contributed by atoms with van der Waals surface area (Å²) in [6.07, 6.45) is -0.0144. The normalized spacial score (nSPS) is 11.4. The number of amides is 2. The summed E-state index contributed by atoms with van der Waals surface area (Å²) in [5, 5.41) is 2.57. The van der Waals surface area contributed by atoms with Crippen LogP contribution < -0.4 is 10.2 Å². The van der Waals surface area contributed by atoms with Crippen molar-refractivity contribution in [2.24, 2.45) is 0 Å². The molecule has 5 nitrogen and oxygen atoms in total. The van der Waals surface area contributed by atoms with Crippen LogP contribution in [-0.4, -0.2) is 23.8 Å². The van der Waals surface area contributed by atoms with Gasteiger partial charge in [0.15, 0.2) is 0 Å². The van der Waals surface area contributed by atoms with E-state index in [1.165, 1.54) is 23.1 Å². The number of hydrogen-bond donors (Lipinski definition) is 1. The molecule has 2 amide bonds. The third-order valence-electron chi connectivity index (χ3n) is 4.34. The summed E-state index contributed by atoms with van der Waals surface area (Å²) in [7, 11) is 1.60. The van der Waals surface area contributed by atoms with Crippen LogP contribution in [0.2, 0.25) is 0 Å². The predicted molar refractivity (Wildman–Crippen MR) is 113 cm³/mol. The Morgan fingerprint density at radius 3 is 2.48 bits per heavy atom. The molecule has 0 saturated heterocycles. The van der Waals surface area contributed by atoms with Gasteiger partial charge in [-0.2, -0.15) is 13.2 Å². The first-order valence-electron chi connectivity index (χ1n) is 9.19. The molecule has 2 aromatic carbocycles. The third kappa shape index (κ3) is 5.79. The number of halogens is 3. The Bertz CT molecular complexity index is 1110. The average Bonchev–Trinajstić information content (AvgIpc) is 2.77. The Balaban J connectivity index is 1.70. The van der Waals surface area contributed by atoms with Crippen molar-refractivity contribution in [3.05, 3.63) is 95.7 Å². The highest BCUT2D eigenvalue weighted by atomic mass is 19.4. The molecular weight excluding hydrogens is 407 g/mol. The summed E-state index contributed by atoms with van der Waals surface area (Å²) in [5.74, 6) is -0.463. The number of benzene rings is 2. The van der Waals surface area contributed by atoms with E-state index >= 15 is 0 Å². The van der Waals surface area contributed by atoms with Gasteiger partial charge in [-0.25, -0.2) is 4.98 Å². The molecule has 158 valence electrons. The van der Waals surface area contributed by atoms with Crippen LogP contribution in [-0.2, 0) is 11.0 Å². The van der Waals surface area contributed by atoms with Crippen molar-refractivity contribution in [2.45, 2.75) is 6.18 Å². The van der Waals surface area contributed by atoms with E-state index in [-0.39, 0.29) is 11.5 Å². The van der Waals surface area contributed by atoms with Gasteiger partial charge in [0.1, 0.15) is 5.82 Å². The minimum absolute atomic E-state index is 0.108. The number of carbonyl (C=O) groups is 2. The van der Waals surface area contributed by atoms with Gasteiger partial charge in [-0.3, -0.25) is 14.5 Å². The molecule has 0 fully saturated rings. The van der Waals surface area contributed by atoms with Gasteiger partial charge in [0.25, 0.3) is 11.8 Å². The molecule has 3 rings (SSSR count). The van der Waals surface area contributed by atoms with E-state index in [9.17, 15) is 22.8 Å². The number of hydrogen-bond acceptors (Lipinski definition) is 3. The van der Waals surface area contributed by atoms with Crippen molar-refractivity contribution in [1.82, 2.24) is 4.98 Å². The maximum atomic E-state index is 12.9. The average molecular weight is 425 g/mol. The molecule has 1 N–H and O–H groups in total. The summed E-state index contributed by atoms with van der Waals surface area (Å²) in [5.41, 5.74) is 0.00927. The van der Waals surface area contributed by atoms with E-state index in [1.54, 1.807) is 61.8 Å². The molecule has 8 heteroatoms. The van der Waals surface area contributed by atoms with Gasteiger partial charge >= 0.3 is 6.18 Å². The molecule has 1 heterocycles. The number of anilines is 2. The van der Waals surface area contributed by atoms with Crippen LogP contribution in [0.15, 0.2) is 79.0 Å². The first-order valence-corrected chi connectivity index (χ1v) is 9.19. The second-order valence-corrected chi connectivity index (χ2v) is 6.58. The van der Waals surface area contributed by atoms with Gasteiger partial charge in [0, 0.05) is 30.6 Å². The van der Waals surface area contributed by atoms with Gasteiger partial charge in [-0.1, -0.05) is 24.3 Å². The van der Waals surface area contributed by atoms with Crippen LogP contribution in [0.3, 0.4) is 0 Å². The van der Waals surface area contributed by atoms with E-state index in [0.29, 0.717) is 17.1 Å². The fraction of sp³-hybridized carbons (Fsp3) is 0.0870. The molecule has 3 aromatic rings. The molecule has 0 radical (unpaired) electrons. The van der Waals surface area contributed by atoms with Crippen LogP contribution in [0.25, 0.3) is 6.08 Å². The lowest BCUT2D eigenvalue weighted by molar-refractivity contribution is -0.137. The summed E-state index contributed by atoms with van der Waals surface area (Å²) < 4.78 is 38.6. The number of likely N-dealkylation sites (N-methyl/N-ethyl adjacent to an activating group) is 1. The van der Waals surface area contributed by atoms with Crippen molar-refractivity contribution in [2.75, 3.05) is 17.3 Å². The molecule has 0 unspecified atom stereocenters. The topological polar surface area (TPSA) is 62.3 Å². The Kier molecular flexibility index (Phi) is 6.49. The lowest BCUT2D eigenvalue weighted by Gasteiger charge is -2.13. The minimum atomic E-state index is -4.53. The fourth-order valence-corrected chi connectivity index (χ4v) is 2.70. The number of alkyl halides is 3. The SMILES string of the molecule is CN(C(=O)/C=C/c1cccc(NC(=O)c2cccc(C(F)(F)F)c2)c1)c1ccccn1. The number of nitrogens with one attached hydrogen (secondary N) is 1. The van der Waals surface area contributed by atoms with Gasteiger partial charge in [0.2, 0.25) is 0 Å².